The van der Waals surface area contributed by atoms with Gasteiger partial charge in [0, 0.05) is 23.1 Å². The second-order valence-corrected chi connectivity index (χ2v) is 7.29. The summed E-state index contributed by atoms with van der Waals surface area (Å²) in [4.78, 5) is 28.3. The quantitative estimate of drug-likeness (QED) is 0.378. The van der Waals surface area contributed by atoms with Crippen LogP contribution >= 0.6 is 0 Å². The zero-order valence-electron chi connectivity index (χ0n) is 17.1. The first-order valence-electron chi connectivity index (χ1n) is 9.97. The van der Waals surface area contributed by atoms with Crippen LogP contribution in [0.25, 0.3) is 28.3 Å². The first-order valence-corrected chi connectivity index (χ1v) is 9.97. The Morgan fingerprint density at radius 1 is 1.12 bits per heavy atom. The lowest BCUT2D eigenvalue weighted by Gasteiger charge is -2.05. The summed E-state index contributed by atoms with van der Waals surface area (Å²) in [5.41, 5.74) is 5.77. The van der Waals surface area contributed by atoms with Crippen molar-refractivity contribution in [2.75, 3.05) is 5.32 Å². The van der Waals surface area contributed by atoms with Gasteiger partial charge in [-0.25, -0.2) is 19.3 Å². The SMILES string of the molecule is Cc1cccc(-c2[nH]c(CNc3cccc(C(=O)O)c3)nc2-c2ccc3ncnn3c2)n1. The van der Waals surface area contributed by atoms with Crippen molar-refractivity contribution in [2.45, 2.75) is 13.5 Å². The van der Waals surface area contributed by atoms with Gasteiger partial charge in [0.15, 0.2) is 5.65 Å². The van der Waals surface area contributed by atoms with Crippen molar-refractivity contribution < 1.29 is 9.90 Å². The van der Waals surface area contributed by atoms with Crippen molar-refractivity contribution in [3.8, 4) is 22.6 Å². The predicted molar refractivity (Wildman–Crippen MR) is 119 cm³/mol. The second-order valence-electron chi connectivity index (χ2n) is 7.29. The van der Waals surface area contributed by atoms with Gasteiger partial charge in [0.05, 0.1) is 29.2 Å². The topological polar surface area (TPSA) is 121 Å². The third kappa shape index (κ3) is 3.79. The number of H-pyrrole nitrogens is 1. The van der Waals surface area contributed by atoms with E-state index in [4.69, 9.17) is 4.98 Å². The van der Waals surface area contributed by atoms with E-state index in [-0.39, 0.29) is 5.56 Å². The number of aromatic carboxylic acids is 1. The standard InChI is InChI=1S/C23H19N7O2/c1-14-4-2-7-18(27-14)22-21(16-8-9-20-25-13-26-30(20)12-16)28-19(29-22)11-24-17-6-3-5-15(10-17)23(31)32/h2-10,12-13,24H,11H2,1H3,(H,28,29)(H,31,32). The molecule has 5 aromatic rings. The zero-order chi connectivity index (χ0) is 22.1. The summed E-state index contributed by atoms with van der Waals surface area (Å²) in [6, 6.07) is 16.3. The number of aryl methyl sites for hydroxylation is 1. The molecule has 1 aromatic carbocycles. The van der Waals surface area contributed by atoms with E-state index in [1.54, 1.807) is 22.7 Å². The molecule has 9 heteroatoms. The lowest BCUT2D eigenvalue weighted by molar-refractivity contribution is 0.0697. The molecule has 0 bridgehead atoms. The number of benzene rings is 1. The van der Waals surface area contributed by atoms with Gasteiger partial charge in [-0.1, -0.05) is 12.1 Å². The maximum Gasteiger partial charge on any atom is 0.335 e. The molecule has 32 heavy (non-hydrogen) atoms. The van der Waals surface area contributed by atoms with E-state index in [9.17, 15) is 9.90 Å². The number of imidazole rings is 1. The fourth-order valence-electron chi connectivity index (χ4n) is 3.49. The molecule has 9 nitrogen and oxygen atoms in total. The Labute approximate surface area is 182 Å². The molecule has 0 aliphatic heterocycles. The molecular formula is C23H19N7O2. The number of pyridine rings is 2. The largest absolute Gasteiger partial charge is 0.478 e. The van der Waals surface area contributed by atoms with Crippen LogP contribution < -0.4 is 5.32 Å². The molecule has 0 amide bonds. The number of carbonyl (C=O) groups is 1. The molecule has 0 unspecified atom stereocenters. The molecule has 0 atom stereocenters. The highest BCUT2D eigenvalue weighted by Gasteiger charge is 2.16. The monoisotopic (exact) mass is 425 g/mol. The zero-order valence-corrected chi connectivity index (χ0v) is 17.1. The molecule has 0 saturated carbocycles. The van der Waals surface area contributed by atoms with Gasteiger partial charge in [-0.2, -0.15) is 5.10 Å². The number of nitrogens with zero attached hydrogens (tertiary/aromatic N) is 5. The van der Waals surface area contributed by atoms with Crippen LogP contribution in [0.3, 0.4) is 0 Å². The number of aromatic nitrogens is 6. The maximum absolute atomic E-state index is 11.2. The minimum Gasteiger partial charge on any atom is -0.478 e. The Kier molecular flexibility index (Phi) is 4.83. The van der Waals surface area contributed by atoms with Crippen molar-refractivity contribution >= 4 is 17.3 Å². The number of hydrogen-bond acceptors (Lipinski definition) is 6. The Morgan fingerprint density at radius 3 is 2.84 bits per heavy atom. The Morgan fingerprint density at radius 2 is 2.00 bits per heavy atom. The molecule has 4 aromatic heterocycles. The molecular weight excluding hydrogens is 406 g/mol. The number of carboxylic acids is 1. The predicted octanol–water partition coefficient (Wildman–Crippen LogP) is 3.80. The van der Waals surface area contributed by atoms with E-state index in [1.165, 1.54) is 6.33 Å². The van der Waals surface area contributed by atoms with Crippen LogP contribution in [0.5, 0.6) is 0 Å². The van der Waals surface area contributed by atoms with Gasteiger partial charge in [0.1, 0.15) is 12.2 Å². The van der Waals surface area contributed by atoms with Gasteiger partial charge in [-0.3, -0.25) is 4.98 Å². The van der Waals surface area contributed by atoms with Crippen LogP contribution in [0.4, 0.5) is 5.69 Å². The minimum atomic E-state index is -0.967. The minimum absolute atomic E-state index is 0.223. The van der Waals surface area contributed by atoms with E-state index in [1.807, 2.05) is 49.5 Å². The third-order valence-electron chi connectivity index (χ3n) is 5.01. The smallest absolute Gasteiger partial charge is 0.335 e. The Bertz CT molecular complexity index is 1440. The molecule has 0 radical (unpaired) electrons. The Hall–Kier alpha value is -4.53. The molecule has 0 saturated heterocycles. The van der Waals surface area contributed by atoms with Crippen LogP contribution in [0, 0.1) is 6.92 Å². The van der Waals surface area contributed by atoms with E-state index in [0.29, 0.717) is 18.1 Å². The highest BCUT2D eigenvalue weighted by molar-refractivity contribution is 5.88. The van der Waals surface area contributed by atoms with Crippen LogP contribution in [-0.4, -0.2) is 40.6 Å². The van der Waals surface area contributed by atoms with Gasteiger partial charge in [0.25, 0.3) is 0 Å². The molecule has 0 spiro atoms. The average molecular weight is 425 g/mol. The maximum atomic E-state index is 11.2. The molecule has 0 aliphatic rings. The van der Waals surface area contributed by atoms with Gasteiger partial charge in [-0.15, -0.1) is 0 Å². The van der Waals surface area contributed by atoms with E-state index in [2.05, 4.69) is 25.4 Å². The lowest BCUT2D eigenvalue weighted by atomic mass is 10.1. The molecule has 0 fully saturated rings. The van der Waals surface area contributed by atoms with Crippen LogP contribution in [0.15, 0.2) is 67.1 Å². The van der Waals surface area contributed by atoms with E-state index in [0.717, 1.165) is 34.0 Å². The number of carboxylic acid groups (broad SMARTS) is 1. The molecule has 3 N–H and O–H groups in total. The summed E-state index contributed by atoms with van der Waals surface area (Å²) in [5, 5.41) is 16.7. The van der Waals surface area contributed by atoms with Crippen molar-refractivity contribution in [1.82, 2.24) is 29.5 Å². The molecule has 4 heterocycles. The van der Waals surface area contributed by atoms with Crippen molar-refractivity contribution in [3.05, 3.63) is 84.2 Å². The fourth-order valence-corrected chi connectivity index (χ4v) is 3.49. The summed E-state index contributed by atoms with van der Waals surface area (Å²) < 4.78 is 1.70. The summed E-state index contributed by atoms with van der Waals surface area (Å²) in [6.45, 7) is 2.33. The van der Waals surface area contributed by atoms with Gasteiger partial charge >= 0.3 is 5.97 Å². The van der Waals surface area contributed by atoms with E-state index < -0.39 is 5.97 Å². The first kappa shape index (κ1) is 19.4. The number of fused-ring (bicyclic) bond motifs is 1. The number of nitrogens with one attached hydrogen (secondary N) is 2. The number of hydrogen-bond donors (Lipinski definition) is 3. The highest BCUT2D eigenvalue weighted by Crippen LogP contribution is 2.29. The van der Waals surface area contributed by atoms with Crippen molar-refractivity contribution in [1.29, 1.82) is 0 Å². The van der Waals surface area contributed by atoms with Crippen LogP contribution in [0.2, 0.25) is 0 Å². The van der Waals surface area contributed by atoms with E-state index >= 15 is 0 Å². The Balaban J connectivity index is 1.52. The number of rotatable bonds is 6. The number of aromatic amines is 1. The molecule has 5 rings (SSSR count). The third-order valence-corrected chi connectivity index (χ3v) is 5.01. The lowest BCUT2D eigenvalue weighted by Crippen LogP contribution is -2.03. The molecule has 158 valence electrons. The van der Waals surface area contributed by atoms with Crippen LogP contribution in [0.1, 0.15) is 21.9 Å². The summed E-state index contributed by atoms with van der Waals surface area (Å²) >= 11 is 0. The van der Waals surface area contributed by atoms with Crippen molar-refractivity contribution in [3.63, 3.8) is 0 Å². The number of anilines is 1. The van der Waals surface area contributed by atoms with Crippen LogP contribution in [-0.2, 0) is 6.54 Å². The normalized spacial score (nSPS) is 11.0. The second kappa shape index (κ2) is 7.95. The first-order chi connectivity index (χ1) is 15.6. The van der Waals surface area contributed by atoms with Crippen molar-refractivity contribution in [2.24, 2.45) is 0 Å². The average Bonchev–Trinajstić information content (AvgIpc) is 3.44. The van der Waals surface area contributed by atoms with Gasteiger partial charge in [0.2, 0.25) is 0 Å². The van der Waals surface area contributed by atoms with Gasteiger partial charge in [-0.05, 0) is 49.4 Å². The fraction of sp³-hybridized carbons (Fsp3) is 0.0870. The highest BCUT2D eigenvalue weighted by atomic mass is 16.4. The summed E-state index contributed by atoms with van der Waals surface area (Å²) in [6.07, 6.45) is 3.39. The summed E-state index contributed by atoms with van der Waals surface area (Å²) in [7, 11) is 0. The summed E-state index contributed by atoms with van der Waals surface area (Å²) in [5.74, 6) is -0.275. The molecule has 0 aliphatic carbocycles. The van der Waals surface area contributed by atoms with Gasteiger partial charge < -0.3 is 15.4 Å².